The van der Waals surface area contributed by atoms with Gasteiger partial charge in [0.2, 0.25) is 11.7 Å². The number of rotatable bonds is 2. The van der Waals surface area contributed by atoms with Crippen LogP contribution in [0.3, 0.4) is 0 Å². The molecule has 7 heteroatoms. The molecule has 0 radical (unpaired) electrons. The van der Waals surface area contributed by atoms with Gasteiger partial charge in [-0.2, -0.15) is 4.98 Å². The van der Waals surface area contributed by atoms with E-state index in [2.05, 4.69) is 15.0 Å². The Morgan fingerprint density at radius 3 is 2.79 bits per heavy atom. The minimum atomic E-state index is -1.28. The normalized spacial score (nSPS) is 10.7. The molecule has 2 N–H and O–H groups in total. The van der Waals surface area contributed by atoms with E-state index in [9.17, 15) is 9.90 Å². The lowest BCUT2D eigenvalue weighted by atomic mass is 10.2. The zero-order chi connectivity index (χ0) is 13.4. The largest absolute Gasteiger partial charge is 0.492 e. The van der Waals surface area contributed by atoms with Crippen LogP contribution in [0.2, 0.25) is 0 Å². The maximum Gasteiger partial charge on any atom is 0.374 e. The Kier molecular flexibility index (Phi) is 2.60. The molecule has 3 heterocycles. The fourth-order valence-electron chi connectivity index (χ4n) is 1.70. The minimum Gasteiger partial charge on any atom is -0.492 e. The highest BCUT2D eigenvalue weighted by molar-refractivity contribution is 7.18. The zero-order valence-corrected chi connectivity index (χ0v) is 10.3. The summed E-state index contributed by atoms with van der Waals surface area (Å²) in [5.74, 6) is -2.04. The summed E-state index contributed by atoms with van der Waals surface area (Å²) in [6, 6.07) is 5.40. The van der Waals surface area contributed by atoms with Crippen LogP contribution in [-0.4, -0.2) is 31.1 Å². The number of pyridine rings is 1. The van der Waals surface area contributed by atoms with E-state index in [1.54, 1.807) is 23.7 Å². The van der Waals surface area contributed by atoms with Gasteiger partial charge in [-0.1, -0.05) is 6.07 Å². The van der Waals surface area contributed by atoms with E-state index in [4.69, 9.17) is 5.11 Å². The standard InChI is InChI=1S/C12H7N3O3S/c16-11-9-8(14-10(15-11)12(17)18)6(5-19-9)7-3-1-2-4-13-7/h1-5H,(H,17,18)(H,14,15,16). The predicted octanol–water partition coefficient (Wildman–Crippen LogP) is 2.16. The first-order chi connectivity index (χ1) is 9.16. The first-order valence-corrected chi connectivity index (χ1v) is 6.17. The monoisotopic (exact) mass is 273 g/mol. The van der Waals surface area contributed by atoms with E-state index in [0.717, 1.165) is 0 Å². The molecule has 0 fully saturated rings. The topological polar surface area (TPSA) is 96.2 Å². The molecule has 0 aliphatic heterocycles. The van der Waals surface area contributed by atoms with Crippen LogP contribution in [0, 0.1) is 0 Å². The number of carbonyl (C=O) groups is 1. The van der Waals surface area contributed by atoms with Crippen LogP contribution in [0.15, 0.2) is 29.8 Å². The first-order valence-electron chi connectivity index (χ1n) is 5.29. The molecule has 94 valence electrons. The molecule has 3 aromatic heterocycles. The van der Waals surface area contributed by atoms with Gasteiger partial charge in [-0.05, 0) is 12.1 Å². The summed E-state index contributed by atoms with van der Waals surface area (Å²) >= 11 is 1.25. The van der Waals surface area contributed by atoms with Crippen LogP contribution in [-0.2, 0) is 0 Å². The van der Waals surface area contributed by atoms with Crippen LogP contribution >= 0.6 is 11.3 Å². The summed E-state index contributed by atoms with van der Waals surface area (Å²) in [5.41, 5.74) is 1.75. The Balaban J connectivity index is 2.30. The summed E-state index contributed by atoms with van der Waals surface area (Å²) in [4.78, 5) is 22.6. The van der Waals surface area contributed by atoms with Crippen LogP contribution in [0.4, 0.5) is 0 Å². The van der Waals surface area contributed by atoms with Crippen molar-refractivity contribution in [1.29, 1.82) is 0 Å². The summed E-state index contributed by atoms with van der Waals surface area (Å²) in [6.45, 7) is 0. The van der Waals surface area contributed by atoms with Crippen molar-refractivity contribution in [3.8, 4) is 17.1 Å². The lowest BCUT2D eigenvalue weighted by molar-refractivity contribution is 0.0683. The number of hydrogen-bond donors (Lipinski definition) is 2. The zero-order valence-electron chi connectivity index (χ0n) is 9.44. The molecule has 0 aliphatic carbocycles. The highest BCUT2D eigenvalue weighted by Crippen LogP contribution is 2.35. The van der Waals surface area contributed by atoms with Gasteiger partial charge >= 0.3 is 5.97 Å². The van der Waals surface area contributed by atoms with Crippen LogP contribution in [0.1, 0.15) is 10.6 Å². The summed E-state index contributed by atoms with van der Waals surface area (Å²) in [5, 5.41) is 20.4. The van der Waals surface area contributed by atoms with E-state index in [0.29, 0.717) is 21.5 Å². The van der Waals surface area contributed by atoms with E-state index >= 15 is 0 Å². The molecule has 0 aromatic carbocycles. The number of hydrogen-bond acceptors (Lipinski definition) is 6. The number of fused-ring (bicyclic) bond motifs is 1. The average Bonchev–Trinajstić information content (AvgIpc) is 2.84. The molecule has 19 heavy (non-hydrogen) atoms. The molecule has 0 spiro atoms. The Morgan fingerprint density at radius 1 is 1.26 bits per heavy atom. The molecule has 0 aliphatic rings. The summed E-state index contributed by atoms with van der Waals surface area (Å²) in [6.07, 6.45) is 1.64. The molecule has 0 saturated carbocycles. The number of aromatic hydroxyl groups is 1. The van der Waals surface area contributed by atoms with Crippen LogP contribution in [0.25, 0.3) is 21.5 Å². The Bertz CT molecular complexity index is 770. The Morgan fingerprint density at radius 2 is 2.11 bits per heavy atom. The van der Waals surface area contributed by atoms with Crippen molar-refractivity contribution < 1.29 is 15.0 Å². The van der Waals surface area contributed by atoms with Gasteiger partial charge in [-0.15, -0.1) is 11.3 Å². The number of carboxylic acids is 1. The van der Waals surface area contributed by atoms with Crippen LogP contribution in [0.5, 0.6) is 5.88 Å². The molecule has 0 amide bonds. The fraction of sp³-hybridized carbons (Fsp3) is 0. The lowest BCUT2D eigenvalue weighted by Crippen LogP contribution is -2.03. The van der Waals surface area contributed by atoms with Gasteiger partial charge in [-0.25, -0.2) is 9.78 Å². The molecular formula is C12H7N3O3S. The fourth-order valence-corrected chi connectivity index (χ4v) is 2.59. The smallest absolute Gasteiger partial charge is 0.374 e. The van der Waals surface area contributed by atoms with Crippen molar-refractivity contribution >= 4 is 27.5 Å². The number of aromatic carboxylic acids is 1. The van der Waals surface area contributed by atoms with Crippen molar-refractivity contribution in [1.82, 2.24) is 15.0 Å². The third-order valence-electron chi connectivity index (χ3n) is 2.53. The van der Waals surface area contributed by atoms with E-state index in [1.807, 2.05) is 6.07 Å². The number of aromatic nitrogens is 3. The Labute approximate surface area is 111 Å². The quantitative estimate of drug-likeness (QED) is 0.742. The van der Waals surface area contributed by atoms with Crippen molar-refractivity contribution in [2.24, 2.45) is 0 Å². The summed E-state index contributed by atoms with van der Waals surface area (Å²) in [7, 11) is 0. The van der Waals surface area contributed by atoms with Gasteiger partial charge in [0.1, 0.15) is 4.70 Å². The minimum absolute atomic E-state index is 0.324. The Hall–Kier alpha value is -2.54. The molecule has 0 saturated heterocycles. The predicted molar refractivity (Wildman–Crippen MR) is 69.3 cm³/mol. The molecule has 3 aromatic rings. The van der Waals surface area contributed by atoms with Crippen molar-refractivity contribution in [3.63, 3.8) is 0 Å². The maximum absolute atomic E-state index is 10.9. The van der Waals surface area contributed by atoms with Crippen molar-refractivity contribution in [2.75, 3.05) is 0 Å². The highest BCUT2D eigenvalue weighted by atomic mass is 32.1. The second-order valence-corrected chi connectivity index (χ2v) is 4.60. The molecule has 6 nitrogen and oxygen atoms in total. The van der Waals surface area contributed by atoms with Crippen molar-refractivity contribution in [3.05, 3.63) is 35.6 Å². The molecular weight excluding hydrogens is 266 g/mol. The number of thiophene rings is 1. The second-order valence-electron chi connectivity index (χ2n) is 3.72. The van der Waals surface area contributed by atoms with Crippen LogP contribution < -0.4 is 0 Å². The number of nitrogens with zero attached hydrogens (tertiary/aromatic N) is 3. The van der Waals surface area contributed by atoms with E-state index in [-0.39, 0.29) is 5.88 Å². The van der Waals surface area contributed by atoms with Gasteiger partial charge < -0.3 is 10.2 Å². The summed E-state index contributed by atoms with van der Waals surface area (Å²) < 4.78 is 0.450. The molecule has 0 unspecified atom stereocenters. The third-order valence-corrected chi connectivity index (χ3v) is 3.49. The van der Waals surface area contributed by atoms with Gasteiger partial charge in [-0.3, -0.25) is 4.98 Å². The highest BCUT2D eigenvalue weighted by Gasteiger charge is 2.17. The van der Waals surface area contributed by atoms with Crippen molar-refractivity contribution in [2.45, 2.75) is 0 Å². The average molecular weight is 273 g/mol. The SMILES string of the molecule is O=C(O)c1nc(O)c2scc(-c3ccccn3)c2n1. The molecule has 0 bridgehead atoms. The van der Waals surface area contributed by atoms with Gasteiger partial charge in [0.25, 0.3) is 0 Å². The van der Waals surface area contributed by atoms with Gasteiger partial charge in [0, 0.05) is 17.1 Å². The van der Waals surface area contributed by atoms with Gasteiger partial charge in [0.05, 0.1) is 11.2 Å². The van der Waals surface area contributed by atoms with E-state index in [1.165, 1.54) is 11.3 Å². The van der Waals surface area contributed by atoms with E-state index < -0.39 is 11.8 Å². The third kappa shape index (κ3) is 1.89. The lowest BCUT2D eigenvalue weighted by Gasteiger charge is -2.00. The second kappa shape index (κ2) is 4.29. The number of carboxylic acid groups (broad SMARTS) is 1. The first kappa shape index (κ1) is 11.5. The molecule has 0 atom stereocenters. The maximum atomic E-state index is 10.9. The van der Waals surface area contributed by atoms with Gasteiger partial charge in [0.15, 0.2) is 0 Å². The molecule has 3 rings (SSSR count).